The average molecular weight is 562 g/mol. The summed E-state index contributed by atoms with van der Waals surface area (Å²) < 4.78 is 37.2. The maximum Gasteiger partial charge on any atom is 0.339 e. The number of ether oxygens (including phenoxy) is 2. The lowest BCUT2D eigenvalue weighted by Crippen LogP contribution is -2.44. The second kappa shape index (κ2) is 13.5. The van der Waals surface area contributed by atoms with E-state index in [4.69, 9.17) is 9.47 Å². The third-order valence-electron chi connectivity index (χ3n) is 6.83. The fourth-order valence-corrected chi connectivity index (χ4v) is 5.59. The third-order valence-corrected chi connectivity index (χ3v) is 8.35. The van der Waals surface area contributed by atoms with E-state index in [2.05, 4.69) is 34.0 Å². The van der Waals surface area contributed by atoms with Crippen LogP contribution >= 0.6 is 0 Å². The van der Waals surface area contributed by atoms with Crippen LogP contribution in [0.4, 0.5) is 5.69 Å². The maximum atomic E-state index is 13.3. The van der Waals surface area contributed by atoms with Crippen LogP contribution in [0.1, 0.15) is 22.8 Å². The summed E-state index contributed by atoms with van der Waals surface area (Å²) in [5.74, 6) is 5.17. The van der Waals surface area contributed by atoms with Crippen LogP contribution in [0.3, 0.4) is 0 Å². The summed E-state index contributed by atoms with van der Waals surface area (Å²) in [6, 6.07) is 19.8. The zero-order valence-electron chi connectivity index (χ0n) is 23.1. The number of hydrogen-bond donors (Lipinski definition) is 1. The van der Waals surface area contributed by atoms with Crippen molar-refractivity contribution in [2.75, 3.05) is 58.1 Å². The SMILES string of the molecule is CC#CCOc1ccc(S(=O)(=O)CNc2c(CN3CCN(C)CC3)cc(-c3ccccc3)cc2C(=O)OC)cc1. The Morgan fingerprint density at radius 3 is 2.33 bits per heavy atom. The first-order valence-corrected chi connectivity index (χ1v) is 14.8. The van der Waals surface area contributed by atoms with Crippen molar-refractivity contribution in [3.05, 3.63) is 77.9 Å². The first-order valence-electron chi connectivity index (χ1n) is 13.1. The molecule has 0 atom stereocenters. The Labute approximate surface area is 236 Å². The molecule has 3 aromatic rings. The molecular weight excluding hydrogens is 526 g/mol. The Kier molecular flexibility index (Phi) is 9.83. The summed E-state index contributed by atoms with van der Waals surface area (Å²) in [5, 5.41) is 3.09. The molecule has 1 heterocycles. The number of rotatable bonds is 10. The lowest BCUT2D eigenvalue weighted by Gasteiger charge is -2.33. The van der Waals surface area contributed by atoms with Gasteiger partial charge in [-0.2, -0.15) is 0 Å². The van der Waals surface area contributed by atoms with Crippen LogP contribution in [-0.4, -0.2) is 77.0 Å². The monoisotopic (exact) mass is 561 g/mol. The lowest BCUT2D eigenvalue weighted by atomic mass is 9.97. The molecule has 0 aromatic heterocycles. The number of piperazine rings is 1. The second-order valence-corrected chi connectivity index (χ2v) is 11.6. The molecule has 40 heavy (non-hydrogen) atoms. The number of carbonyl (C=O) groups is 1. The highest BCUT2D eigenvalue weighted by molar-refractivity contribution is 7.91. The molecule has 0 amide bonds. The standard InChI is InChI=1S/C31H35N3O5S/c1-4-5-19-39-27-11-13-28(14-12-27)40(36,37)23-32-30-26(22-34-17-15-33(2)16-18-34)20-25(21-29(30)31(35)38-3)24-9-7-6-8-10-24/h6-14,20-21,32H,15-19,22-23H2,1-3H3. The number of anilines is 1. The van der Waals surface area contributed by atoms with E-state index < -0.39 is 15.8 Å². The highest BCUT2D eigenvalue weighted by Gasteiger charge is 2.23. The summed E-state index contributed by atoms with van der Waals surface area (Å²) in [6.45, 7) is 6.13. The van der Waals surface area contributed by atoms with E-state index in [0.29, 0.717) is 23.5 Å². The van der Waals surface area contributed by atoms with Crippen molar-refractivity contribution in [2.45, 2.75) is 18.4 Å². The Bertz CT molecular complexity index is 1470. The van der Waals surface area contributed by atoms with E-state index in [0.717, 1.165) is 42.9 Å². The van der Waals surface area contributed by atoms with Gasteiger partial charge in [0, 0.05) is 32.7 Å². The molecule has 0 radical (unpaired) electrons. The smallest absolute Gasteiger partial charge is 0.339 e. The Hall–Kier alpha value is -3.84. The number of likely N-dealkylation sites (N-methyl/N-ethyl adjacent to an activating group) is 1. The van der Waals surface area contributed by atoms with Gasteiger partial charge in [0.1, 0.15) is 18.2 Å². The quantitative estimate of drug-likeness (QED) is 0.292. The fraction of sp³-hybridized carbons (Fsp3) is 0.323. The highest BCUT2D eigenvalue weighted by Crippen LogP contribution is 2.32. The molecular formula is C31H35N3O5S. The number of hydrogen-bond acceptors (Lipinski definition) is 8. The van der Waals surface area contributed by atoms with E-state index in [9.17, 15) is 13.2 Å². The van der Waals surface area contributed by atoms with Crippen LogP contribution in [0.5, 0.6) is 5.75 Å². The Morgan fingerprint density at radius 2 is 1.68 bits per heavy atom. The molecule has 0 bridgehead atoms. The summed E-state index contributed by atoms with van der Waals surface area (Å²) in [5.41, 5.74) is 3.42. The minimum atomic E-state index is -3.74. The molecule has 0 spiro atoms. The average Bonchev–Trinajstić information content (AvgIpc) is 2.97. The molecule has 0 unspecified atom stereocenters. The zero-order chi connectivity index (χ0) is 28.5. The van der Waals surface area contributed by atoms with Gasteiger partial charge in [-0.1, -0.05) is 36.3 Å². The third kappa shape index (κ3) is 7.42. The number of benzene rings is 3. The van der Waals surface area contributed by atoms with Crippen LogP contribution in [0.2, 0.25) is 0 Å². The molecule has 1 aliphatic rings. The summed E-state index contributed by atoms with van der Waals surface area (Å²) in [4.78, 5) is 17.7. The van der Waals surface area contributed by atoms with E-state index in [-0.39, 0.29) is 17.4 Å². The molecule has 1 aliphatic heterocycles. The van der Waals surface area contributed by atoms with Gasteiger partial charge in [0.2, 0.25) is 0 Å². The van der Waals surface area contributed by atoms with Gasteiger partial charge in [-0.25, -0.2) is 13.2 Å². The van der Waals surface area contributed by atoms with Gasteiger partial charge in [0.25, 0.3) is 0 Å². The number of carbonyl (C=O) groups excluding carboxylic acids is 1. The molecule has 0 saturated carbocycles. The predicted molar refractivity (Wildman–Crippen MR) is 157 cm³/mol. The van der Waals surface area contributed by atoms with Gasteiger partial charge in [0.15, 0.2) is 9.84 Å². The molecule has 0 aliphatic carbocycles. The van der Waals surface area contributed by atoms with Gasteiger partial charge in [-0.3, -0.25) is 4.90 Å². The van der Waals surface area contributed by atoms with Crippen molar-refractivity contribution < 1.29 is 22.7 Å². The molecule has 4 rings (SSSR count). The molecule has 8 nitrogen and oxygen atoms in total. The number of nitrogens with one attached hydrogen (secondary N) is 1. The van der Waals surface area contributed by atoms with Crippen LogP contribution in [0.15, 0.2) is 71.6 Å². The number of esters is 1. The van der Waals surface area contributed by atoms with Gasteiger partial charge in [0.05, 0.1) is 23.3 Å². The number of methoxy groups -OCH3 is 1. The summed E-state index contributed by atoms with van der Waals surface area (Å²) >= 11 is 0. The molecule has 1 saturated heterocycles. The normalized spacial score (nSPS) is 14.2. The molecule has 1 N–H and O–H groups in total. The van der Waals surface area contributed by atoms with E-state index in [1.165, 1.54) is 19.2 Å². The van der Waals surface area contributed by atoms with E-state index in [1.807, 2.05) is 36.4 Å². The minimum absolute atomic E-state index is 0.148. The van der Waals surface area contributed by atoms with Crippen LogP contribution < -0.4 is 10.1 Å². The Morgan fingerprint density at radius 1 is 0.975 bits per heavy atom. The first kappa shape index (κ1) is 29.2. The second-order valence-electron chi connectivity index (χ2n) is 9.62. The van der Waals surface area contributed by atoms with E-state index in [1.54, 1.807) is 25.1 Å². The van der Waals surface area contributed by atoms with Crippen molar-refractivity contribution in [3.63, 3.8) is 0 Å². The van der Waals surface area contributed by atoms with Crippen molar-refractivity contribution in [1.29, 1.82) is 0 Å². The topological polar surface area (TPSA) is 88.2 Å². The van der Waals surface area contributed by atoms with E-state index >= 15 is 0 Å². The minimum Gasteiger partial charge on any atom is -0.481 e. The van der Waals surface area contributed by atoms with Crippen molar-refractivity contribution in [3.8, 4) is 28.7 Å². The molecule has 210 valence electrons. The predicted octanol–water partition coefficient (Wildman–Crippen LogP) is 4.13. The largest absolute Gasteiger partial charge is 0.481 e. The van der Waals surface area contributed by atoms with Gasteiger partial charge in [-0.05, 0) is 67.1 Å². The number of sulfone groups is 1. The molecule has 3 aromatic carbocycles. The fourth-order valence-electron chi connectivity index (χ4n) is 4.54. The van der Waals surface area contributed by atoms with Crippen molar-refractivity contribution in [2.24, 2.45) is 0 Å². The Balaban J connectivity index is 1.66. The number of nitrogens with zero attached hydrogens (tertiary/aromatic N) is 2. The first-order chi connectivity index (χ1) is 19.3. The van der Waals surface area contributed by atoms with Crippen molar-refractivity contribution >= 4 is 21.5 Å². The lowest BCUT2D eigenvalue weighted by molar-refractivity contribution is 0.0601. The highest BCUT2D eigenvalue weighted by atomic mass is 32.2. The molecule has 1 fully saturated rings. The maximum absolute atomic E-state index is 13.3. The van der Waals surface area contributed by atoms with Gasteiger partial charge < -0.3 is 19.7 Å². The van der Waals surface area contributed by atoms with Crippen LogP contribution in [-0.2, 0) is 21.1 Å². The van der Waals surface area contributed by atoms with Crippen molar-refractivity contribution in [1.82, 2.24) is 9.80 Å². The zero-order valence-corrected chi connectivity index (χ0v) is 24.0. The summed E-state index contributed by atoms with van der Waals surface area (Å²) in [6.07, 6.45) is 0. The molecule has 9 heteroatoms. The summed E-state index contributed by atoms with van der Waals surface area (Å²) in [7, 11) is -0.313. The van der Waals surface area contributed by atoms with Crippen LogP contribution in [0.25, 0.3) is 11.1 Å². The van der Waals surface area contributed by atoms with Gasteiger partial charge >= 0.3 is 5.97 Å². The van der Waals surface area contributed by atoms with Crippen LogP contribution in [0, 0.1) is 11.8 Å². The van der Waals surface area contributed by atoms with Gasteiger partial charge in [-0.15, -0.1) is 5.92 Å².